The van der Waals surface area contributed by atoms with Crippen molar-refractivity contribution < 1.29 is 24.3 Å². The number of rotatable bonds is 13. The maximum atomic E-state index is 13.4. The van der Waals surface area contributed by atoms with E-state index in [2.05, 4.69) is 10.6 Å². The van der Waals surface area contributed by atoms with Gasteiger partial charge < -0.3 is 26.4 Å². The second kappa shape index (κ2) is 14.1. The van der Waals surface area contributed by atoms with Gasteiger partial charge in [-0.1, -0.05) is 50.6 Å². The Hall–Kier alpha value is -2.59. The summed E-state index contributed by atoms with van der Waals surface area (Å²) in [5, 5.41) is 15.1. The highest BCUT2D eigenvalue weighted by molar-refractivity contribution is 7.98. The normalized spacial score (nSPS) is 18.9. The third-order valence-electron chi connectivity index (χ3n) is 6.48. The summed E-state index contributed by atoms with van der Waals surface area (Å²) in [7, 11) is 0. The molecule has 0 aliphatic carbocycles. The number of carboxylic acids is 1. The zero-order valence-corrected chi connectivity index (χ0v) is 21.6. The minimum atomic E-state index is -1.04. The molecule has 1 fully saturated rings. The molecule has 10 heteroatoms. The predicted molar refractivity (Wildman–Crippen MR) is 137 cm³/mol. The maximum Gasteiger partial charge on any atom is 0.326 e. The number of nitrogens with zero attached hydrogens (tertiary/aromatic N) is 1. The summed E-state index contributed by atoms with van der Waals surface area (Å²) in [4.78, 5) is 52.5. The Kier molecular flexibility index (Phi) is 11.5. The summed E-state index contributed by atoms with van der Waals surface area (Å²) >= 11 is 1.58. The average molecular weight is 507 g/mol. The van der Waals surface area contributed by atoms with Gasteiger partial charge in [-0.05, 0) is 42.8 Å². The van der Waals surface area contributed by atoms with Crippen LogP contribution in [0.4, 0.5) is 0 Å². The van der Waals surface area contributed by atoms with Crippen LogP contribution in [-0.4, -0.2) is 76.4 Å². The van der Waals surface area contributed by atoms with Gasteiger partial charge in [-0.15, -0.1) is 0 Å². The summed E-state index contributed by atoms with van der Waals surface area (Å²) < 4.78 is 0. The van der Waals surface area contributed by atoms with Gasteiger partial charge in [0.05, 0.1) is 6.04 Å². The van der Waals surface area contributed by atoms with Crippen LogP contribution in [0, 0.1) is 5.92 Å². The molecule has 9 nitrogen and oxygen atoms in total. The third-order valence-corrected chi connectivity index (χ3v) is 7.13. The zero-order chi connectivity index (χ0) is 26.0. The Balaban J connectivity index is 2.23. The SMILES string of the molecule is CCC(C)C(NC(=O)C(Cc1ccccc1)NC(=O)C(N)CCSC)C(=O)N1CCCC1C(=O)O. The lowest BCUT2D eigenvalue weighted by Crippen LogP contribution is -2.59. The van der Waals surface area contributed by atoms with E-state index in [4.69, 9.17) is 5.73 Å². The first-order valence-corrected chi connectivity index (χ1v) is 13.5. The number of nitrogens with two attached hydrogens (primary N) is 1. The Morgan fingerprint density at radius 1 is 1.17 bits per heavy atom. The molecule has 2 rings (SSSR count). The van der Waals surface area contributed by atoms with Gasteiger partial charge >= 0.3 is 5.97 Å². The molecule has 5 atom stereocenters. The number of carboxylic acid groups (broad SMARTS) is 1. The Morgan fingerprint density at radius 3 is 2.46 bits per heavy atom. The Morgan fingerprint density at radius 2 is 1.86 bits per heavy atom. The first-order valence-electron chi connectivity index (χ1n) is 12.1. The summed E-state index contributed by atoms with van der Waals surface area (Å²) in [6.45, 7) is 4.09. The van der Waals surface area contributed by atoms with Crippen molar-refractivity contribution in [2.45, 2.75) is 70.1 Å². The van der Waals surface area contributed by atoms with Crippen LogP contribution in [0.15, 0.2) is 30.3 Å². The fourth-order valence-electron chi connectivity index (χ4n) is 4.12. The van der Waals surface area contributed by atoms with Crippen LogP contribution in [-0.2, 0) is 25.6 Å². The van der Waals surface area contributed by atoms with Crippen LogP contribution in [0.2, 0.25) is 0 Å². The number of benzene rings is 1. The van der Waals surface area contributed by atoms with Crippen molar-refractivity contribution in [1.82, 2.24) is 15.5 Å². The van der Waals surface area contributed by atoms with Gasteiger partial charge in [-0.2, -0.15) is 11.8 Å². The minimum absolute atomic E-state index is 0.224. The molecule has 0 aromatic heterocycles. The van der Waals surface area contributed by atoms with Crippen LogP contribution < -0.4 is 16.4 Å². The van der Waals surface area contributed by atoms with Crippen molar-refractivity contribution in [2.24, 2.45) is 11.7 Å². The van der Waals surface area contributed by atoms with E-state index in [0.717, 1.165) is 11.3 Å². The van der Waals surface area contributed by atoms with Gasteiger partial charge in [0.15, 0.2) is 0 Å². The highest BCUT2D eigenvalue weighted by Crippen LogP contribution is 2.21. The molecule has 0 saturated carbocycles. The highest BCUT2D eigenvalue weighted by atomic mass is 32.2. The predicted octanol–water partition coefficient (Wildman–Crippen LogP) is 1.40. The zero-order valence-electron chi connectivity index (χ0n) is 20.7. The number of hydrogen-bond donors (Lipinski definition) is 4. The van der Waals surface area contributed by atoms with Crippen molar-refractivity contribution in [1.29, 1.82) is 0 Å². The Bertz CT molecular complexity index is 869. The number of thioether (sulfide) groups is 1. The minimum Gasteiger partial charge on any atom is -0.480 e. The topological polar surface area (TPSA) is 142 Å². The number of aliphatic carboxylic acids is 1. The number of hydrogen-bond acceptors (Lipinski definition) is 6. The summed E-state index contributed by atoms with van der Waals surface area (Å²) in [5.41, 5.74) is 6.87. The number of likely N-dealkylation sites (tertiary alicyclic amines) is 1. The van der Waals surface area contributed by atoms with E-state index in [1.54, 1.807) is 11.8 Å². The molecule has 1 aliphatic heterocycles. The van der Waals surface area contributed by atoms with Gasteiger partial charge in [0.1, 0.15) is 18.1 Å². The standard InChI is InChI=1S/C25H38N4O5S/c1-4-16(2)21(24(32)29-13-8-11-20(29)25(33)34)28-23(31)19(15-17-9-6-5-7-10-17)27-22(30)18(26)12-14-35-3/h5-7,9-10,16,18-21H,4,8,11-15,26H2,1-3H3,(H,27,30)(H,28,31)(H,33,34). The fraction of sp³-hybridized carbons (Fsp3) is 0.600. The van der Waals surface area contributed by atoms with Gasteiger partial charge in [0, 0.05) is 13.0 Å². The molecule has 0 bridgehead atoms. The quantitative estimate of drug-likeness (QED) is 0.317. The fourth-order valence-corrected chi connectivity index (χ4v) is 4.61. The molecule has 3 amide bonds. The van der Waals surface area contributed by atoms with E-state index >= 15 is 0 Å². The number of amides is 3. The monoisotopic (exact) mass is 506 g/mol. The molecule has 194 valence electrons. The highest BCUT2D eigenvalue weighted by Gasteiger charge is 2.40. The molecule has 1 aromatic carbocycles. The summed E-state index contributed by atoms with van der Waals surface area (Å²) in [6.07, 6.45) is 4.24. The molecule has 1 aliphatic rings. The number of carbonyl (C=O) groups excluding carboxylic acids is 3. The molecule has 5 unspecified atom stereocenters. The number of nitrogens with one attached hydrogen (secondary N) is 2. The lowest BCUT2D eigenvalue weighted by Gasteiger charge is -2.31. The number of carbonyl (C=O) groups is 4. The molecule has 1 heterocycles. The average Bonchev–Trinajstić information content (AvgIpc) is 3.35. The van der Waals surface area contributed by atoms with Crippen molar-refractivity contribution in [3.63, 3.8) is 0 Å². The summed E-state index contributed by atoms with van der Waals surface area (Å²) in [5.74, 6) is -1.87. The van der Waals surface area contributed by atoms with Crippen LogP contribution in [0.5, 0.6) is 0 Å². The lowest BCUT2D eigenvalue weighted by molar-refractivity contribution is -0.150. The molecule has 5 N–H and O–H groups in total. The van der Waals surface area contributed by atoms with E-state index in [9.17, 15) is 24.3 Å². The Labute approximate surface area is 211 Å². The van der Waals surface area contributed by atoms with Crippen LogP contribution >= 0.6 is 11.8 Å². The van der Waals surface area contributed by atoms with Crippen molar-refractivity contribution in [3.8, 4) is 0 Å². The second-order valence-corrected chi connectivity index (χ2v) is 10.0. The van der Waals surface area contributed by atoms with Crippen LogP contribution in [0.25, 0.3) is 0 Å². The third kappa shape index (κ3) is 8.24. The van der Waals surface area contributed by atoms with Crippen molar-refractivity contribution in [3.05, 3.63) is 35.9 Å². The smallest absolute Gasteiger partial charge is 0.326 e. The van der Waals surface area contributed by atoms with E-state index in [-0.39, 0.29) is 12.3 Å². The van der Waals surface area contributed by atoms with E-state index in [1.807, 2.05) is 50.4 Å². The molecular weight excluding hydrogens is 468 g/mol. The molecule has 0 spiro atoms. The van der Waals surface area contributed by atoms with E-state index < -0.39 is 47.9 Å². The van der Waals surface area contributed by atoms with Crippen molar-refractivity contribution in [2.75, 3.05) is 18.6 Å². The summed E-state index contributed by atoms with van der Waals surface area (Å²) in [6, 6.07) is 5.82. The first kappa shape index (κ1) is 28.6. The second-order valence-electron chi connectivity index (χ2n) is 9.04. The van der Waals surface area contributed by atoms with Crippen LogP contribution in [0.1, 0.15) is 45.1 Å². The van der Waals surface area contributed by atoms with Gasteiger partial charge in [0.2, 0.25) is 17.7 Å². The van der Waals surface area contributed by atoms with Gasteiger partial charge in [0.25, 0.3) is 0 Å². The van der Waals surface area contributed by atoms with Crippen LogP contribution in [0.3, 0.4) is 0 Å². The van der Waals surface area contributed by atoms with E-state index in [0.29, 0.717) is 32.2 Å². The molecule has 1 saturated heterocycles. The van der Waals surface area contributed by atoms with Gasteiger partial charge in [-0.25, -0.2) is 4.79 Å². The van der Waals surface area contributed by atoms with E-state index in [1.165, 1.54) is 4.90 Å². The maximum absolute atomic E-state index is 13.4. The first-order chi connectivity index (χ1) is 16.7. The molecule has 1 aromatic rings. The molecule has 35 heavy (non-hydrogen) atoms. The van der Waals surface area contributed by atoms with Gasteiger partial charge in [-0.3, -0.25) is 14.4 Å². The van der Waals surface area contributed by atoms with Crippen molar-refractivity contribution >= 4 is 35.5 Å². The lowest BCUT2D eigenvalue weighted by atomic mass is 9.96. The molecular formula is C25H38N4O5S. The largest absolute Gasteiger partial charge is 0.480 e. The molecule has 0 radical (unpaired) electrons.